The number of para-hydroxylation sites is 1. The molecule has 0 aliphatic carbocycles. The van der Waals surface area contributed by atoms with E-state index in [1.807, 2.05) is 36.4 Å². The summed E-state index contributed by atoms with van der Waals surface area (Å²) >= 11 is 3.52. The number of hydrogen-bond acceptors (Lipinski definition) is 2. The van der Waals surface area contributed by atoms with Crippen molar-refractivity contribution in [2.24, 2.45) is 0 Å². The van der Waals surface area contributed by atoms with Crippen molar-refractivity contribution < 1.29 is 4.79 Å². The fraction of sp³-hybridized carbons (Fsp3) is 0.133. The van der Waals surface area contributed by atoms with Crippen LogP contribution in [0.3, 0.4) is 0 Å². The van der Waals surface area contributed by atoms with Crippen LogP contribution in [0.5, 0.6) is 0 Å². The fourth-order valence-corrected chi connectivity index (χ4v) is 2.91. The first-order valence-electron chi connectivity index (χ1n) is 6.09. The van der Waals surface area contributed by atoms with Gasteiger partial charge in [0.2, 0.25) is 5.91 Å². The maximum absolute atomic E-state index is 12.1. The predicted octanol–water partition coefficient (Wildman–Crippen LogP) is 3.31. The summed E-state index contributed by atoms with van der Waals surface area (Å²) < 4.78 is 1.03. The first-order valence-corrected chi connectivity index (χ1v) is 6.89. The highest BCUT2D eigenvalue weighted by molar-refractivity contribution is 9.10. The third kappa shape index (κ3) is 2.12. The summed E-state index contributed by atoms with van der Waals surface area (Å²) in [5.74, 6) is -0.152. The minimum absolute atomic E-state index is 0.0173. The summed E-state index contributed by atoms with van der Waals surface area (Å²) in [4.78, 5) is 12.1. The molecule has 19 heavy (non-hydrogen) atoms. The molecule has 0 bridgehead atoms. The van der Waals surface area contributed by atoms with Crippen molar-refractivity contribution in [1.82, 2.24) is 0 Å². The summed E-state index contributed by atoms with van der Waals surface area (Å²) in [6.07, 6.45) is 0.670. The molecule has 0 aromatic heterocycles. The molecule has 1 aliphatic rings. The average molecular weight is 317 g/mol. The van der Waals surface area contributed by atoms with Gasteiger partial charge in [-0.3, -0.25) is 4.79 Å². The second-order valence-electron chi connectivity index (χ2n) is 4.65. The molecular weight excluding hydrogens is 304 g/mol. The van der Waals surface area contributed by atoms with Gasteiger partial charge in [-0.2, -0.15) is 0 Å². The Morgan fingerprint density at radius 2 is 1.95 bits per heavy atom. The zero-order chi connectivity index (χ0) is 13.4. The molecule has 4 heteroatoms. The van der Waals surface area contributed by atoms with E-state index in [4.69, 9.17) is 5.73 Å². The van der Waals surface area contributed by atoms with E-state index >= 15 is 0 Å². The van der Waals surface area contributed by atoms with Gasteiger partial charge in [-0.05, 0) is 29.7 Å². The van der Waals surface area contributed by atoms with Gasteiger partial charge in [-0.25, -0.2) is 0 Å². The van der Waals surface area contributed by atoms with Crippen LogP contribution in [0.15, 0.2) is 46.9 Å². The Labute approximate surface area is 119 Å². The summed E-state index contributed by atoms with van der Waals surface area (Å²) in [7, 11) is 0. The van der Waals surface area contributed by atoms with Crippen LogP contribution in [-0.2, 0) is 11.2 Å². The smallest absolute Gasteiger partial charge is 0.232 e. The standard InChI is InChI=1S/C15H13BrN2O/c16-12-6-2-1-4-9(12)8-11-10-5-3-7-13(17)14(10)18-15(11)19/h1-7,11H,8,17H2,(H,18,19). The van der Waals surface area contributed by atoms with Crippen LogP contribution in [-0.4, -0.2) is 5.91 Å². The van der Waals surface area contributed by atoms with Crippen molar-refractivity contribution in [3.8, 4) is 0 Å². The minimum Gasteiger partial charge on any atom is -0.397 e. The highest BCUT2D eigenvalue weighted by Crippen LogP contribution is 2.39. The molecule has 1 unspecified atom stereocenters. The van der Waals surface area contributed by atoms with Crippen molar-refractivity contribution in [2.75, 3.05) is 11.1 Å². The molecule has 3 N–H and O–H groups in total. The van der Waals surface area contributed by atoms with Crippen LogP contribution in [0, 0.1) is 0 Å². The molecule has 1 atom stereocenters. The lowest BCUT2D eigenvalue weighted by atomic mass is 9.93. The van der Waals surface area contributed by atoms with Crippen molar-refractivity contribution >= 4 is 33.2 Å². The number of nitrogens with one attached hydrogen (secondary N) is 1. The molecule has 0 saturated carbocycles. The summed E-state index contributed by atoms with van der Waals surface area (Å²) in [5.41, 5.74) is 9.40. The zero-order valence-corrected chi connectivity index (χ0v) is 11.8. The van der Waals surface area contributed by atoms with Gasteiger partial charge in [-0.15, -0.1) is 0 Å². The van der Waals surface area contributed by atoms with E-state index < -0.39 is 0 Å². The predicted molar refractivity (Wildman–Crippen MR) is 80.1 cm³/mol. The van der Waals surface area contributed by atoms with Crippen molar-refractivity contribution in [3.63, 3.8) is 0 Å². The SMILES string of the molecule is Nc1cccc2c1NC(=O)C2Cc1ccccc1Br. The Morgan fingerprint density at radius 1 is 1.16 bits per heavy atom. The Morgan fingerprint density at radius 3 is 2.74 bits per heavy atom. The van der Waals surface area contributed by atoms with E-state index in [0.29, 0.717) is 12.1 Å². The van der Waals surface area contributed by atoms with Gasteiger partial charge < -0.3 is 11.1 Å². The highest BCUT2D eigenvalue weighted by Gasteiger charge is 2.31. The molecule has 0 saturated heterocycles. The van der Waals surface area contributed by atoms with E-state index in [2.05, 4.69) is 21.2 Å². The molecule has 3 rings (SSSR count). The minimum atomic E-state index is -0.169. The van der Waals surface area contributed by atoms with E-state index in [9.17, 15) is 4.79 Å². The Hall–Kier alpha value is -1.81. The molecule has 0 fully saturated rings. The first kappa shape index (κ1) is 12.2. The molecule has 1 heterocycles. The number of rotatable bonds is 2. The van der Waals surface area contributed by atoms with E-state index in [-0.39, 0.29) is 11.8 Å². The number of carbonyl (C=O) groups excluding carboxylic acids is 1. The largest absolute Gasteiger partial charge is 0.397 e. The summed E-state index contributed by atoms with van der Waals surface area (Å²) in [6, 6.07) is 13.6. The van der Waals surface area contributed by atoms with Gasteiger partial charge in [0.15, 0.2) is 0 Å². The van der Waals surface area contributed by atoms with Gasteiger partial charge in [0, 0.05) is 4.47 Å². The van der Waals surface area contributed by atoms with E-state index in [1.54, 1.807) is 6.07 Å². The number of halogens is 1. The third-order valence-electron chi connectivity index (χ3n) is 3.45. The number of anilines is 2. The molecular formula is C15H13BrN2O. The van der Waals surface area contributed by atoms with Crippen LogP contribution >= 0.6 is 15.9 Å². The number of benzene rings is 2. The molecule has 2 aromatic rings. The van der Waals surface area contributed by atoms with Gasteiger partial charge >= 0.3 is 0 Å². The number of nitrogen functional groups attached to an aromatic ring is 1. The Kier molecular flexibility index (Phi) is 3.03. The molecule has 0 spiro atoms. The van der Waals surface area contributed by atoms with Gasteiger partial charge in [0.05, 0.1) is 17.3 Å². The van der Waals surface area contributed by atoms with Crippen molar-refractivity contribution in [2.45, 2.75) is 12.3 Å². The molecule has 1 aliphatic heterocycles. The maximum atomic E-state index is 12.1. The lowest BCUT2D eigenvalue weighted by Gasteiger charge is -2.10. The van der Waals surface area contributed by atoms with Gasteiger partial charge in [-0.1, -0.05) is 46.3 Å². The second-order valence-corrected chi connectivity index (χ2v) is 5.50. The summed E-state index contributed by atoms with van der Waals surface area (Å²) in [5, 5.41) is 2.88. The number of carbonyl (C=O) groups is 1. The average Bonchev–Trinajstić information content (AvgIpc) is 2.71. The van der Waals surface area contributed by atoms with Crippen molar-refractivity contribution in [3.05, 3.63) is 58.1 Å². The van der Waals surface area contributed by atoms with Crippen molar-refractivity contribution in [1.29, 1.82) is 0 Å². The monoisotopic (exact) mass is 316 g/mol. The van der Waals surface area contributed by atoms with Crippen LogP contribution < -0.4 is 11.1 Å². The fourth-order valence-electron chi connectivity index (χ4n) is 2.46. The molecule has 3 nitrogen and oxygen atoms in total. The topological polar surface area (TPSA) is 55.1 Å². The molecule has 2 aromatic carbocycles. The normalized spacial score (nSPS) is 17.1. The van der Waals surface area contributed by atoms with Gasteiger partial charge in [0.25, 0.3) is 0 Å². The first-order chi connectivity index (χ1) is 9.16. The lowest BCUT2D eigenvalue weighted by Crippen LogP contribution is -2.14. The summed E-state index contributed by atoms with van der Waals surface area (Å²) in [6.45, 7) is 0. The van der Waals surface area contributed by atoms with Crippen LogP contribution in [0.25, 0.3) is 0 Å². The van der Waals surface area contributed by atoms with E-state index in [0.717, 1.165) is 21.3 Å². The van der Waals surface area contributed by atoms with Gasteiger partial charge in [0.1, 0.15) is 0 Å². The van der Waals surface area contributed by atoms with Crippen LogP contribution in [0.2, 0.25) is 0 Å². The number of fused-ring (bicyclic) bond motifs is 1. The van der Waals surface area contributed by atoms with Crippen LogP contribution in [0.1, 0.15) is 17.0 Å². The second kappa shape index (κ2) is 4.70. The molecule has 0 radical (unpaired) electrons. The molecule has 1 amide bonds. The highest BCUT2D eigenvalue weighted by atomic mass is 79.9. The third-order valence-corrected chi connectivity index (χ3v) is 4.22. The number of nitrogens with two attached hydrogens (primary N) is 1. The lowest BCUT2D eigenvalue weighted by molar-refractivity contribution is -0.117. The number of hydrogen-bond donors (Lipinski definition) is 2. The van der Waals surface area contributed by atoms with E-state index in [1.165, 1.54) is 0 Å². The zero-order valence-electron chi connectivity index (χ0n) is 10.2. The molecule has 96 valence electrons. The Bertz CT molecular complexity index is 654. The number of amides is 1. The van der Waals surface area contributed by atoms with Crippen LogP contribution in [0.4, 0.5) is 11.4 Å². The quantitative estimate of drug-likeness (QED) is 0.835. The maximum Gasteiger partial charge on any atom is 0.232 e. The Balaban J connectivity index is 1.97.